The Morgan fingerprint density at radius 3 is 2.72 bits per heavy atom. The van der Waals surface area contributed by atoms with Crippen molar-refractivity contribution in [2.24, 2.45) is 35.0 Å². The molecule has 2 saturated carbocycles. The zero-order chi connectivity index (χ0) is 20.8. The highest BCUT2D eigenvalue weighted by molar-refractivity contribution is 5.89. The monoisotopic (exact) mass is 404 g/mol. The summed E-state index contributed by atoms with van der Waals surface area (Å²) >= 11 is 0. The summed E-state index contributed by atoms with van der Waals surface area (Å²) in [5.41, 5.74) is -0.432. The van der Waals surface area contributed by atoms with Gasteiger partial charge in [-0.1, -0.05) is 27.2 Å². The minimum atomic E-state index is -0.489. The Kier molecular flexibility index (Phi) is 5.87. The first-order valence-corrected chi connectivity index (χ1v) is 12.1. The summed E-state index contributed by atoms with van der Waals surface area (Å²) in [6.45, 7) is 7.03. The zero-order valence-corrected chi connectivity index (χ0v) is 18.9. The fourth-order valence-electron chi connectivity index (χ4n) is 7.94. The molecular formula is C25H40O4. The van der Waals surface area contributed by atoms with Crippen molar-refractivity contribution >= 4 is 11.8 Å². The van der Waals surface area contributed by atoms with E-state index in [4.69, 9.17) is 9.47 Å². The first-order valence-electron chi connectivity index (χ1n) is 12.1. The number of fused-ring (bicyclic) bond motifs is 3. The van der Waals surface area contributed by atoms with Gasteiger partial charge in [0.25, 0.3) is 0 Å². The molecule has 0 amide bonds. The van der Waals surface area contributed by atoms with Crippen LogP contribution in [0.25, 0.3) is 0 Å². The van der Waals surface area contributed by atoms with Gasteiger partial charge in [-0.25, -0.2) is 0 Å². The summed E-state index contributed by atoms with van der Waals surface area (Å²) in [4.78, 5) is 25.4. The zero-order valence-electron chi connectivity index (χ0n) is 18.9. The molecule has 0 radical (unpaired) electrons. The lowest BCUT2D eigenvalue weighted by atomic mass is 9.52. The highest BCUT2D eigenvalue weighted by Crippen LogP contribution is 2.64. The molecule has 5 unspecified atom stereocenters. The fraction of sp³-hybridized carbons (Fsp3) is 0.920. The van der Waals surface area contributed by atoms with Gasteiger partial charge in [-0.15, -0.1) is 0 Å². The van der Waals surface area contributed by atoms with E-state index in [1.165, 1.54) is 26.4 Å². The molecule has 4 aliphatic rings. The number of methoxy groups -OCH3 is 1. The number of Topliss-reactive ketones (excluding diaryl/α,β-unsaturated/α-hetero) is 1. The Labute approximate surface area is 176 Å². The lowest BCUT2D eigenvalue weighted by Gasteiger charge is -2.57. The van der Waals surface area contributed by atoms with Crippen LogP contribution < -0.4 is 0 Å². The maximum absolute atomic E-state index is 13.7. The average Bonchev–Trinajstić information content (AvgIpc) is 3.02. The predicted octanol–water partition coefficient (Wildman–Crippen LogP) is 5.33. The molecule has 2 aliphatic carbocycles. The van der Waals surface area contributed by atoms with Gasteiger partial charge in [0, 0.05) is 12.8 Å². The molecule has 2 bridgehead atoms. The second-order valence-corrected chi connectivity index (χ2v) is 11.0. The minimum absolute atomic E-state index is 0.0568. The quantitative estimate of drug-likeness (QED) is 0.595. The van der Waals surface area contributed by atoms with Gasteiger partial charge < -0.3 is 9.47 Å². The van der Waals surface area contributed by atoms with E-state index in [2.05, 4.69) is 20.8 Å². The van der Waals surface area contributed by atoms with Gasteiger partial charge in [-0.2, -0.15) is 0 Å². The molecule has 0 aromatic rings. The van der Waals surface area contributed by atoms with Gasteiger partial charge in [0.05, 0.1) is 13.2 Å². The van der Waals surface area contributed by atoms with Crippen molar-refractivity contribution in [3.8, 4) is 0 Å². The number of hydrogen-bond donors (Lipinski definition) is 0. The van der Waals surface area contributed by atoms with Crippen molar-refractivity contribution in [2.75, 3.05) is 7.11 Å². The fourth-order valence-corrected chi connectivity index (χ4v) is 7.94. The molecule has 0 aromatic carbocycles. The van der Waals surface area contributed by atoms with Crippen LogP contribution in [0.2, 0.25) is 0 Å². The van der Waals surface area contributed by atoms with E-state index in [9.17, 15) is 9.59 Å². The maximum Gasteiger partial charge on any atom is 0.305 e. The molecule has 2 aliphatic heterocycles. The van der Waals surface area contributed by atoms with Crippen molar-refractivity contribution in [1.82, 2.24) is 0 Å². The number of hydrogen-bond acceptors (Lipinski definition) is 4. The number of carbonyl (C=O) groups is 2. The third-order valence-corrected chi connectivity index (χ3v) is 9.39. The van der Waals surface area contributed by atoms with Crippen LogP contribution in [-0.2, 0) is 19.1 Å². The first kappa shape index (κ1) is 21.3. The van der Waals surface area contributed by atoms with E-state index < -0.39 is 5.60 Å². The van der Waals surface area contributed by atoms with Crippen LogP contribution in [0.3, 0.4) is 0 Å². The summed E-state index contributed by atoms with van der Waals surface area (Å²) in [7, 11) is 1.46. The predicted molar refractivity (Wildman–Crippen MR) is 112 cm³/mol. The molecule has 4 heteroatoms. The Hall–Kier alpha value is -0.900. The number of carbonyl (C=O) groups excluding carboxylic acids is 2. The molecule has 0 N–H and O–H groups in total. The van der Waals surface area contributed by atoms with Crippen LogP contribution in [0.1, 0.15) is 91.4 Å². The smallest absolute Gasteiger partial charge is 0.305 e. The normalized spacial score (nSPS) is 45.5. The van der Waals surface area contributed by atoms with E-state index in [0.29, 0.717) is 48.2 Å². The van der Waals surface area contributed by atoms with E-state index in [1.54, 1.807) is 0 Å². The van der Waals surface area contributed by atoms with Crippen LogP contribution in [0, 0.1) is 35.0 Å². The first-order chi connectivity index (χ1) is 13.8. The van der Waals surface area contributed by atoms with Crippen molar-refractivity contribution < 1.29 is 19.1 Å². The molecule has 2 heterocycles. The Bertz CT molecular complexity index is 645. The van der Waals surface area contributed by atoms with Gasteiger partial charge in [0.15, 0.2) is 5.78 Å². The lowest BCUT2D eigenvalue weighted by molar-refractivity contribution is -0.213. The Balaban J connectivity index is 1.59. The van der Waals surface area contributed by atoms with Crippen LogP contribution in [0.5, 0.6) is 0 Å². The summed E-state index contributed by atoms with van der Waals surface area (Å²) < 4.78 is 11.6. The summed E-state index contributed by atoms with van der Waals surface area (Å²) in [5, 5.41) is 0. The molecule has 4 fully saturated rings. The maximum atomic E-state index is 13.7. The summed E-state index contributed by atoms with van der Waals surface area (Å²) in [5.74, 6) is 2.89. The van der Waals surface area contributed by atoms with Gasteiger partial charge in [0.2, 0.25) is 0 Å². The minimum Gasteiger partial charge on any atom is -0.469 e. The van der Waals surface area contributed by atoms with Gasteiger partial charge in [-0.3, -0.25) is 9.59 Å². The third-order valence-electron chi connectivity index (χ3n) is 9.39. The highest BCUT2D eigenvalue weighted by atomic mass is 16.5. The highest BCUT2D eigenvalue weighted by Gasteiger charge is 2.64. The molecule has 1 spiro atoms. The largest absolute Gasteiger partial charge is 0.469 e. The second-order valence-electron chi connectivity index (χ2n) is 11.0. The number of ether oxygens (including phenoxy) is 2. The van der Waals surface area contributed by atoms with Gasteiger partial charge in [0.1, 0.15) is 5.60 Å². The van der Waals surface area contributed by atoms with Crippen molar-refractivity contribution in [3.63, 3.8) is 0 Å². The average molecular weight is 405 g/mol. The van der Waals surface area contributed by atoms with Crippen LogP contribution in [-0.4, -0.2) is 30.6 Å². The molecule has 164 valence electrons. The molecule has 0 aromatic heterocycles. The molecular weight excluding hydrogens is 364 g/mol. The second kappa shape index (κ2) is 7.98. The van der Waals surface area contributed by atoms with E-state index >= 15 is 0 Å². The van der Waals surface area contributed by atoms with E-state index in [0.717, 1.165) is 38.5 Å². The molecule has 2 saturated heterocycles. The van der Waals surface area contributed by atoms with Crippen molar-refractivity contribution in [1.29, 1.82) is 0 Å². The topological polar surface area (TPSA) is 52.6 Å². The standard InChI is InChI=1S/C25H40O4/c1-16-7-9-21-20-11-10-19(17(2)8-12-23(27)28-4)24(20,3)15-22(26)25(21)13-5-6-18(14-16)29-25/h16-21H,5-15H2,1-4H3/t16?,17-,18-,19?,20?,21?,24?,25+/m1/s1. The van der Waals surface area contributed by atoms with Crippen LogP contribution >= 0.6 is 0 Å². The SMILES string of the molecule is COC(=O)CC[C@@H](C)C1CCC2C3CCC(C)C[C@H]4CCC[C@@]3(O4)C(=O)CC21C. The molecule has 4 rings (SSSR count). The number of esters is 1. The third kappa shape index (κ3) is 3.58. The Morgan fingerprint density at radius 1 is 1.21 bits per heavy atom. The van der Waals surface area contributed by atoms with Crippen molar-refractivity contribution in [2.45, 2.75) is 103 Å². The van der Waals surface area contributed by atoms with Crippen molar-refractivity contribution in [3.05, 3.63) is 0 Å². The number of ketones is 1. The molecule has 29 heavy (non-hydrogen) atoms. The molecule has 4 nitrogen and oxygen atoms in total. The summed E-state index contributed by atoms with van der Waals surface area (Å²) in [6.07, 6.45) is 11.4. The van der Waals surface area contributed by atoms with Gasteiger partial charge >= 0.3 is 5.97 Å². The van der Waals surface area contributed by atoms with E-state index in [1.807, 2.05) is 0 Å². The summed E-state index contributed by atoms with van der Waals surface area (Å²) in [6, 6.07) is 0. The molecule has 8 atom stereocenters. The van der Waals surface area contributed by atoms with Crippen LogP contribution in [0.15, 0.2) is 0 Å². The van der Waals surface area contributed by atoms with E-state index in [-0.39, 0.29) is 17.5 Å². The van der Waals surface area contributed by atoms with Gasteiger partial charge in [-0.05, 0) is 86.4 Å². The van der Waals surface area contributed by atoms with Crippen LogP contribution in [0.4, 0.5) is 0 Å². The lowest BCUT2D eigenvalue weighted by Crippen LogP contribution is -2.62. The number of rotatable bonds is 4. The Morgan fingerprint density at radius 2 is 1.97 bits per heavy atom.